The van der Waals surface area contributed by atoms with Gasteiger partial charge in [-0.1, -0.05) is 59.1 Å². The number of nitrogens with zero attached hydrogens (tertiary/aromatic N) is 1. The summed E-state index contributed by atoms with van der Waals surface area (Å²) in [5, 5.41) is 5.08. The zero-order chi connectivity index (χ0) is 25.4. The highest BCUT2D eigenvalue weighted by Gasteiger charge is 2.42. The van der Waals surface area contributed by atoms with Gasteiger partial charge in [0.2, 0.25) is 0 Å². The highest BCUT2D eigenvalue weighted by atomic mass is 35.5. The Morgan fingerprint density at radius 3 is 2.00 bits per heavy atom. The van der Waals surface area contributed by atoms with Crippen LogP contribution in [0.1, 0.15) is 36.4 Å². The Morgan fingerprint density at radius 2 is 1.39 bits per heavy atom. The molecule has 0 bridgehead atoms. The van der Waals surface area contributed by atoms with E-state index in [0.29, 0.717) is 15.1 Å². The summed E-state index contributed by atoms with van der Waals surface area (Å²) in [6.07, 6.45) is 4.55. The van der Waals surface area contributed by atoms with Crippen LogP contribution in [0.25, 0.3) is 6.08 Å². The van der Waals surface area contributed by atoms with E-state index >= 15 is 0 Å². The zero-order valence-electron chi connectivity index (χ0n) is 18.9. The smallest absolute Gasteiger partial charge is 0.266 e. The van der Waals surface area contributed by atoms with Gasteiger partial charge in [0.05, 0.1) is 10.9 Å². The third-order valence-corrected chi connectivity index (χ3v) is 9.25. The molecule has 5 rings (SSSR count). The first-order valence-electron chi connectivity index (χ1n) is 11.3. The molecule has 0 spiro atoms. The number of benzene rings is 3. The van der Waals surface area contributed by atoms with Gasteiger partial charge in [0.25, 0.3) is 10.0 Å². The average Bonchev–Trinajstić information content (AvgIpc) is 2.86. The lowest BCUT2D eigenvalue weighted by atomic mass is 9.83. The summed E-state index contributed by atoms with van der Waals surface area (Å²) in [5.74, 6) is 0. The maximum absolute atomic E-state index is 13.9. The van der Waals surface area contributed by atoms with Gasteiger partial charge in [0.1, 0.15) is 0 Å². The molecule has 2 aliphatic rings. The molecule has 1 heterocycles. The molecule has 36 heavy (non-hydrogen) atoms. The number of thiocarbonyl (C=S) groups is 1. The number of nitrogens with one attached hydrogen (secondary N) is 1. The third kappa shape index (κ3) is 4.93. The van der Waals surface area contributed by atoms with Gasteiger partial charge in [0.15, 0.2) is 5.11 Å². The monoisotopic (exact) mass is 574 g/mol. The largest absolute Gasteiger partial charge is 0.331 e. The van der Waals surface area contributed by atoms with E-state index in [1.807, 2.05) is 36.4 Å². The van der Waals surface area contributed by atoms with Crippen LogP contribution in [0.15, 0.2) is 94.5 Å². The lowest BCUT2D eigenvalue weighted by Gasteiger charge is -2.42. The summed E-state index contributed by atoms with van der Waals surface area (Å²) in [7, 11) is -4.00. The van der Waals surface area contributed by atoms with Crippen LogP contribution in [-0.2, 0) is 10.0 Å². The van der Waals surface area contributed by atoms with Gasteiger partial charge in [-0.2, -0.15) is 0 Å². The van der Waals surface area contributed by atoms with Crippen LogP contribution in [-0.4, -0.2) is 17.8 Å². The van der Waals surface area contributed by atoms with Crippen molar-refractivity contribution in [2.75, 3.05) is 0 Å². The zero-order valence-corrected chi connectivity index (χ0v) is 22.8. The van der Waals surface area contributed by atoms with E-state index in [4.69, 9.17) is 47.0 Å². The highest BCUT2D eigenvalue weighted by Crippen LogP contribution is 2.45. The predicted molar refractivity (Wildman–Crippen MR) is 151 cm³/mol. The van der Waals surface area contributed by atoms with E-state index in [-0.39, 0.29) is 10.0 Å². The van der Waals surface area contributed by atoms with Crippen molar-refractivity contribution in [2.45, 2.75) is 30.2 Å². The lowest BCUT2D eigenvalue weighted by Crippen LogP contribution is -2.50. The van der Waals surface area contributed by atoms with Crippen LogP contribution in [0, 0.1) is 0 Å². The topological polar surface area (TPSA) is 49.4 Å². The first kappa shape index (κ1) is 25.3. The fraction of sp³-hybridized carbons (Fsp3) is 0.148. The first-order valence-corrected chi connectivity index (χ1v) is 14.3. The van der Waals surface area contributed by atoms with Gasteiger partial charge in [-0.25, -0.2) is 12.7 Å². The summed E-state index contributed by atoms with van der Waals surface area (Å²) < 4.78 is 29.1. The molecule has 0 radical (unpaired) electrons. The summed E-state index contributed by atoms with van der Waals surface area (Å²) >= 11 is 24.0. The van der Waals surface area contributed by atoms with Gasteiger partial charge in [-0.3, -0.25) is 0 Å². The van der Waals surface area contributed by atoms with Crippen molar-refractivity contribution in [3.8, 4) is 0 Å². The van der Waals surface area contributed by atoms with Gasteiger partial charge in [0, 0.05) is 20.8 Å². The third-order valence-electron chi connectivity index (χ3n) is 6.30. The molecule has 184 valence electrons. The fourth-order valence-electron chi connectivity index (χ4n) is 4.63. The Hall–Kier alpha value is -2.35. The molecule has 3 aromatic carbocycles. The van der Waals surface area contributed by atoms with Gasteiger partial charge in [-0.15, -0.1) is 0 Å². The Bertz CT molecular complexity index is 1480. The SMILES string of the molecule is O=S(=O)(c1ccc(Cl)cc1)N1C(=S)NC2=C(CCC/C2=C\c2ccc(Cl)cc2)[C@H]1c1ccc(Cl)cc1. The predicted octanol–water partition coefficient (Wildman–Crippen LogP) is 7.79. The van der Waals surface area contributed by atoms with E-state index in [0.717, 1.165) is 47.2 Å². The standard InChI is InChI=1S/C27H21Cl3N2O2S2/c28-20-8-4-17(5-9-20)16-19-2-1-3-24-25(19)31-27(35)32(26(24)18-6-10-21(29)11-7-18)36(33,34)23-14-12-22(30)13-15-23/h4-16,26H,1-3H2,(H,31,35)/b19-16+/t26-/m1/s1. The second-order valence-electron chi connectivity index (χ2n) is 8.61. The summed E-state index contributed by atoms with van der Waals surface area (Å²) in [4.78, 5) is 0.117. The van der Waals surface area contributed by atoms with E-state index in [1.165, 1.54) is 16.4 Å². The van der Waals surface area contributed by atoms with Crippen molar-refractivity contribution >= 4 is 68.2 Å². The second kappa shape index (κ2) is 10.2. The number of allylic oxidation sites excluding steroid dienone is 1. The Morgan fingerprint density at radius 1 is 0.833 bits per heavy atom. The molecule has 0 saturated carbocycles. The minimum atomic E-state index is -4.00. The molecule has 3 aromatic rings. The molecule has 4 nitrogen and oxygen atoms in total. The van der Waals surface area contributed by atoms with E-state index in [1.54, 1.807) is 24.3 Å². The number of halogens is 3. The first-order chi connectivity index (χ1) is 17.2. The van der Waals surface area contributed by atoms with Crippen molar-refractivity contribution in [2.24, 2.45) is 0 Å². The molecule has 9 heteroatoms. The maximum Gasteiger partial charge on any atom is 0.266 e. The number of sulfonamides is 1. The summed E-state index contributed by atoms with van der Waals surface area (Å²) in [6, 6.07) is 20.4. The highest BCUT2D eigenvalue weighted by molar-refractivity contribution is 7.91. The molecular weight excluding hydrogens is 555 g/mol. The molecule has 0 fully saturated rings. The van der Waals surface area contributed by atoms with Crippen molar-refractivity contribution < 1.29 is 8.42 Å². The van der Waals surface area contributed by atoms with Crippen molar-refractivity contribution in [1.82, 2.24) is 9.62 Å². The summed E-state index contributed by atoms with van der Waals surface area (Å²) in [5.41, 5.74) is 4.72. The molecule has 0 saturated heterocycles. The quantitative estimate of drug-likeness (QED) is 0.323. The lowest BCUT2D eigenvalue weighted by molar-refractivity contribution is 0.439. The number of hydrogen-bond acceptors (Lipinski definition) is 3. The molecule has 1 atom stereocenters. The molecule has 0 unspecified atom stereocenters. The van der Waals surface area contributed by atoms with Crippen LogP contribution in [0.5, 0.6) is 0 Å². The van der Waals surface area contributed by atoms with Gasteiger partial charge < -0.3 is 5.32 Å². The Kier molecular flexibility index (Phi) is 7.16. The van der Waals surface area contributed by atoms with Crippen LogP contribution < -0.4 is 5.32 Å². The van der Waals surface area contributed by atoms with Crippen molar-refractivity contribution in [1.29, 1.82) is 0 Å². The molecular formula is C27H21Cl3N2O2S2. The van der Waals surface area contributed by atoms with Crippen LogP contribution in [0.4, 0.5) is 0 Å². The van der Waals surface area contributed by atoms with Gasteiger partial charge in [-0.05, 0) is 108 Å². The number of hydrogen-bond donors (Lipinski definition) is 1. The minimum absolute atomic E-state index is 0.117. The average molecular weight is 576 g/mol. The van der Waals surface area contributed by atoms with E-state index < -0.39 is 16.1 Å². The van der Waals surface area contributed by atoms with Crippen LogP contribution >= 0.6 is 47.0 Å². The molecule has 1 aliphatic carbocycles. The van der Waals surface area contributed by atoms with Crippen molar-refractivity contribution in [3.05, 3.63) is 116 Å². The number of rotatable bonds is 4. The normalized spacial score (nSPS) is 19.3. The van der Waals surface area contributed by atoms with Gasteiger partial charge >= 0.3 is 0 Å². The summed E-state index contributed by atoms with van der Waals surface area (Å²) in [6.45, 7) is 0. The van der Waals surface area contributed by atoms with Crippen LogP contribution in [0.2, 0.25) is 15.1 Å². The van der Waals surface area contributed by atoms with E-state index in [9.17, 15) is 8.42 Å². The van der Waals surface area contributed by atoms with E-state index in [2.05, 4.69) is 11.4 Å². The Balaban J connectivity index is 1.67. The second-order valence-corrected chi connectivity index (χ2v) is 12.1. The molecule has 1 N–H and O–H groups in total. The van der Waals surface area contributed by atoms with Crippen molar-refractivity contribution in [3.63, 3.8) is 0 Å². The molecule has 0 amide bonds. The maximum atomic E-state index is 13.9. The molecule has 1 aliphatic heterocycles. The molecule has 0 aromatic heterocycles. The Labute approximate surface area is 231 Å². The fourth-order valence-corrected chi connectivity index (χ4v) is 7.01. The van der Waals surface area contributed by atoms with Crippen LogP contribution in [0.3, 0.4) is 0 Å². The minimum Gasteiger partial charge on any atom is -0.331 e.